The highest BCUT2D eigenvalue weighted by Crippen LogP contribution is 2.37. The fraction of sp³-hybridized carbons (Fsp3) is 0.333. The Morgan fingerprint density at radius 3 is 2.75 bits per heavy atom. The second-order valence-electron chi connectivity index (χ2n) is 7.40. The molecule has 6 nitrogen and oxygen atoms in total. The number of nitrogens with zero attached hydrogens (tertiary/aromatic N) is 3. The van der Waals surface area contributed by atoms with E-state index in [1.165, 1.54) is 0 Å². The Bertz CT molecular complexity index is 1060. The second-order valence-corrected chi connectivity index (χ2v) is 7.81. The third-order valence-corrected chi connectivity index (χ3v) is 5.83. The number of fused-ring (bicyclic) bond motifs is 2. The Balaban J connectivity index is 1.42. The summed E-state index contributed by atoms with van der Waals surface area (Å²) in [5.74, 6) is 0.0740. The molecule has 2 aliphatic rings. The summed E-state index contributed by atoms with van der Waals surface area (Å²) in [6, 6.07) is 11.5. The highest BCUT2D eigenvalue weighted by molar-refractivity contribution is 6.34. The number of oxazole rings is 1. The van der Waals surface area contributed by atoms with Crippen LogP contribution in [0.4, 0.5) is 5.69 Å². The van der Waals surface area contributed by atoms with Crippen LogP contribution in [-0.2, 0) is 11.2 Å². The Morgan fingerprint density at radius 2 is 1.96 bits per heavy atom. The molecule has 2 aliphatic heterocycles. The van der Waals surface area contributed by atoms with Gasteiger partial charge in [-0.1, -0.05) is 23.7 Å². The third-order valence-electron chi connectivity index (χ3n) is 5.52. The quantitative estimate of drug-likeness (QED) is 0.487. The first-order valence-corrected chi connectivity index (χ1v) is 9.79. The maximum Gasteiger partial charge on any atom is 0.324 e. The molecule has 0 radical (unpaired) electrons. The fourth-order valence-electron chi connectivity index (χ4n) is 3.82. The number of anilines is 1. The van der Waals surface area contributed by atoms with E-state index in [9.17, 15) is 4.79 Å². The van der Waals surface area contributed by atoms with E-state index in [2.05, 4.69) is 27.9 Å². The molecule has 28 heavy (non-hydrogen) atoms. The summed E-state index contributed by atoms with van der Waals surface area (Å²) in [5.41, 5.74) is 3.22. The van der Waals surface area contributed by atoms with Crippen LogP contribution in [0, 0.1) is 0 Å². The highest BCUT2D eigenvalue weighted by atomic mass is 35.5. The number of esters is 1. The standard InChI is InChI=1S/C21H20ClN3O3/c1-24-7-9-25(10-8-24)14-6-5-13-11-15(21(26)28-18(13)12-14)20-23-19-16(22)3-2-4-17(19)27-20/h2-6,12,15H,7-11H2,1H3. The molecule has 3 aromatic rings. The van der Waals surface area contributed by atoms with Gasteiger partial charge < -0.3 is 19.0 Å². The summed E-state index contributed by atoms with van der Waals surface area (Å²) in [5, 5.41) is 0.508. The molecule has 0 aliphatic carbocycles. The van der Waals surface area contributed by atoms with Crippen LogP contribution in [0.1, 0.15) is 17.4 Å². The van der Waals surface area contributed by atoms with Crippen molar-refractivity contribution in [1.82, 2.24) is 9.88 Å². The molecule has 0 amide bonds. The summed E-state index contributed by atoms with van der Waals surface area (Å²) in [4.78, 5) is 21.8. The molecule has 3 heterocycles. The van der Waals surface area contributed by atoms with Crippen molar-refractivity contribution in [3.63, 3.8) is 0 Å². The van der Waals surface area contributed by atoms with Gasteiger partial charge in [0.1, 0.15) is 17.2 Å². The van der Waals surface area contributed by atoms with Crippen LogP contribution in [0.25, 0.3) is 11.1 Å². The maximum atomic E-state index is 12.7. The number of para-hydroxylation sites is 1. The summed E-state index contributed by atoms with van der Waals surface area (Å²) in [6.45, 7) is 3.99. The zero-order valence-electron chi connectivity index (χ0n) is 15.5. The Labute approximate surface area is 167 Å². The van der Waals surface area contributed by atoms with Gasteiger partial charge in [0.25, 0.3) is 0 Å². The van der Waals surface area contributed by atoms with Crippen LogP contribution in [-0.4, -0.2) is 49.1 Å². The van der Waals surface area contributed by atoms with Crippen LogP contribution in [0.2, 0.25) is 5.02 Å². The van der Waals surface area contributed by atoms with E-state index in [1.807, 2.05) is 12.1 Å². The number of piperazine rings is 1. The fourth-order valence-corrected chi connectivity index (χ4v) is 4.03. The van der Waals surface area contributed by atoms with Gasteiger partial charge in [0, 0.05) is 37.9 Å². The largest absolute Gasteiger partial charge is 0.440 e. The molecule has 0 saturated carbocycles. The van der Waals surface area contributed by atoms with Crippen molar-refractivity contribution >= 4 is 34.4 Å². The molecule has 1 aromatic heterocycles. The number of benzene rings is 2. The SMILES string of the molecule is CN1CCN(c2ccc3c(c2)OC(=O)C(c2nc4c(Cl)cccc4o2)C3)CC1. The Hall–Kier alpha value is -2.57. The molecule has 0 N–H and O–H groups in total. The average molecular weight is 398 g/mol. The first-order valence-electron chi connectivity index (χ1n) is 9.41. The molecule has 0 spiro atoms. The lowest BCUT2D eigenvalue weighted by Gasteiger charge is -2.34. The molecular formula is C21H20ClN3O3. The summed E-state index contributed by atoms with van der Waals surface area (Å²) in [6.07, 6.45) is 0.502. The number of likely N-dealkylation sites (N-methyl/N-ethyl adjacent to an activating group) is 1. The zero-order valence-corrected chi connectivity index (χ0v) is 16.3. The number of rotatable bonds is 2. The lowest BCUT2D eigenvalue weighted by atomic mass is 9.95. The number of aromatic nitrogens is 1. The van der Waals surface area contributed by atoms with Gasteiger partial charge in [0.15, 0.2) is 5.58 Å². The number of halogens is 1. The van der Waals surface area contributed by atoms with Gasteiger partial charge in [0.05, 0.1) is 5.02 Å². The normalized spacial score (nSPS) is 20.3. The molecule has 2 aromatic carbocycles. The van der Waals surface area contributed by atoms with Crippen molar-refractivity contribution < 1.29 is 13.9 Å². The lowest BCUT2D eigenvalue weighted by Crippen LogP contribution is -2.44. The van der Waals surface area contributed by atoms with Crippen molar-refractivity contribution in [1.29, 1.82) is 0 Å². The molecular weight excluding hydrogens is 378 g/mol. The average Bonchev–Trinajstić information content (AvgIpc) is 3.13. The number of hydrogen-bond acceptors (Lipinski definition) is 6. The van der Waals surface area contributed by atoms with E-state index in [0.717, 1.165) is 37.4 Å². The van der Waals surface area contributed by atoms with Crippen molar-refractivity contribution in [2.75, 3.05) is 38.1 Å². The third kappa shape index (κ3) is 3.02. The molecule has 1 saturated heterocycles. The summed E-state index contributed by atoms with van der Waals surface area (Å²) < 4.78 is 11.5. The first kappa shape index (κ1) is 17.5. The topological polar surface area (TPSA) is 58.8 Å². The van der Waals surface area contributed by atoms with Gasteiger partial charge in [-0.2, -0.15) is 0 Å². The first-order chi connectivity index (χ1) is 13.6. The van der Waals surface area contributed by atoms with E-state index in [4.69, 9.17) is 20.8 Å². The molecule has 1 unspecified atom stereocenters. The van der Waals surface area contributed by atoms with Gasteiger partial charge in [-0.05, 0) is 37.2 Å². The number of ether oxygens (including phenoxy) is 1. The van der Waals surface area contributed by atoms with Gasteiger partial charge in [-0.3, -0.25) is 4.79 Å². The molecule has 1 fully saturated rings. The van der Waals surface area contributed by atoms with E-state index in [1.54, 1.807) is 18.2 Å². The van der Waals surface area contributed by atoms with Crippen LogP contribution in [0.5, 0.6) is 5.75 Å². The van der Waals surface area contributed by atoms with Crippen LogP contribution in [0.15, 0.2) is 40.8 Å². The van der Waals surface area contributed by atoms with E-state index in [0.29, 0.717) is 34.2 Å². The predicted molar refractivity (Wildman–Crippen MR) is 107 cm³/mol. The van der Waals surface area contributed by atoms with Crippen molar-refractivity contribution in [3.05, 3.63) is 52.9 Å². The smallest absolute Gasteiger partial charge is 0.324 e. The maximum absolute atomic E-state index is 12.7. The van der Waals surface area contributed by atoms with Crippen molar-refractivity contribution in [2.24, 2.45) is 0 Å². The number of carbonyl (C=O) groups excluding carboxylic acids is 1. The van der Waals surface area contributed by atoms with E-state index in [-0.39, 0.29) is 5.97 Å². The lowest BCUT2D eigenvalue weighted by molar-refractivity contribution is -0.137. The van der Waals surface area contributed by atoms with Crippen LogP contribution in [0.3, 0.4) is 0 Å². The van der Waals surface area contributed by atoms with Gasteiger partial charge in [-0.25, -0.2) is 4.98 Å². The van der Waals surface area contributed by atoms with Crippen LogP contribution < -0.4 is 9.64 Å². The van der Waals surface area contributed by atoms with Crippen molar-refractivity contribution in [2.45, 2.75) is 12.3 Å². The minimum atomic E-state index is -0.564. The summed E-state index contributed by atoms with van der Waals surface area (Å²) in [7, 11) is 2.13. The van der Waals surface area contributed by atoms with Gasteiger partial charge in [-0.15, -0.1) is 0 Å². The minimum absolute atomic E-state index is 0.342. The van der Waals surface area contributed by atoms with Gasteiger partial charge >= 0.3 is 5.97 Å². The number of carbonyl (C=O) groups is 1. The predicted octanol–water partition coefficient (Wildman–Crippen LogP) is 3.48. The molecule has 0 bridgehead atoms. The minimum Gasteiger partial charge on any atom is -0.440 e. The van der Waals surface area contributed by atoms with Gasteiger partial charge in [0.2, 0.25) is 5.89 Å². The second kappa shape index (κ2) is 6.79. The Kier molecular flexibility index (Phi) is 4.25. The summed E-state index contributed by atoms with van der Waals surface area (Å²) >= 11 is 6.18. The van der Waals surface area contributed by atoms with E-state index >= 15 is 0 Å². The van der Waals surface area contributed by atoms with Crippen LogP contribution >= 0.6 is 11.6 Å². The Morgan fingerprint density at radius 1 is 1.14 bits per heavy atom. The molecule has 144 valence electrons. The van der Waals surface area contributed by atoms with E-state index < -0.39 is 5.92 Å². The highest BCUT2D eigenvalue weighted by Gasteiger charge is 2.34. The molecule has 7 heteroatoms. The van der Waals surface area contributed by atoms with Crippen molar-refractivity contribution in [3.8, 4) is 5.75 Å². The molecule has 1 atom stereocenters. The molecule has 5 rings (SSSR count). The monoisotopic (exact) mass is 397 g/mol. The zero-order chi connectivity index (χ0) is 19.3. The number of hydrogen-bond donors (Lipinski definition) is 0.